The van der Waals surface area contributed by atoms with Gasteiger partial charge in [-0.2, -0.15) is 0 Å². The molecule has 1 aliphatic rings. The van der Waals surface area contributed by atoms with Gasteiger partial charge in [-0.15, -0.1) is 12.4 Å². The third-order valence-corrected chi connectivity index (χ3v) is 3.41. The van der Waals surface area contributed by atoms with E-state index in [1.54, 1.807) is 13.0 Å². The summed E-state index contributed by atoms with van der Waals surface area (Å²) >= 11 is 0. The van der Waals surface area contributed by atoms with Gasteiger partial charge in [-0.25, -0.2) is 4.39 Å². The molecule has 1 aromatic rings. The molecule has 1 atom stereocenters. The quantitative estimate of drug-likeness (QED) is 0.843. The summed E-state index contributed by atoms with van der Waals surface area (Å²) in [5.74, 6) is -0.336. The third kappa shape index (κ3) is 5.99. The maximum atomic E-state index is 13.3. The van der Waals surface area contributed by atoms with Crippen LogP contribution in [0.3, 0.4) is 0 Å². The number of halogens is 2. The average Bonchev–Trinajstić information content (AvgIpc) is 2.93. The summed E-state index contributed by atoms with van der Waals surface area (Å²) in [6, 6.07) is 4.99. The Morgan fingerprint density at radius 1 is 1.48 bits per heavy atom. The molecule has 0 spiro atoms. The zero-order valence-electron chi connectivity index (χ0n) is 12.2. The first-order valence-corrected chi connectivity index (χ1v) is 6.99. The molecule has 118 valence electrons. The van der Waals surface area contributed by atoms with E-state index in [-0.39, 0.29) is 36.8 Å². The molecule has 0 radical (unpaired) electrons. The minimum atomic E-state index is -0.242. The average molecular weight is 317 g/mol. The second-order valence-corrected chi connectivity index (χ2v) is 5.13. The molecule has 1 aromatic carbocycles. The molecule has 2 N–H and O–H groups in total. The zero-order chi connectivity index (χ0) is 14.4. The molecule has 1 saturated heterocycles. The molecular weight excluding hydrogens is 295 g/mol. The summed E-state index contributed by atoms with van der Waals surface area (Å²) < 4.78 is 18.8. The Morgan fingerprint density at radius 3 is 2.95 bits per heavy atom. The summed E-state index contributed by atoms with van der Waals surface area (Å²) in [5.41, 5.74) is 1.37. The van der Waals surface area contributed by atoms with E-state index in [4.69, 9.17) is 4.74 Å². The van der Waals surface area contributed by atoms with Gasteiger partial charge in [-0.05, 0) is 37.0 Å². The summed E-state index contributed by atoms with van der Waals surface area (Å²) in [6.07, 6.45) is 2.38. The highest BCUT2D eigenvalue weighted by Gasteiger charge is 2.14. The van der Waals surface area contributed by atoms with Crippen molar-refractivity contribution in [3.8, 4) is 0 Å². The van der Waals surface area contributed by atoms with E-state index in [2.05, 4.69) is 10.6 Å². The predicted octanol–water partition coefficient (Wildman–Crippen LogP) is 1.94. The Bertz CT molecular complexity index is 465. The van der Waals surface area contributed by atoms with Gasteiger partial charge < -0.3 is 15.4 Å². The van der Waals surface area contributed by atoms with Crippen molar-refractivity contribution >= 4 is 18.3 Å². The molecule has 1 unspecified atom stereocenters. The highest BCUT2D eigenvalue weighted by molar-refractivity contribution is 5.85. The normalized spacial score (nSPS) is 17.3. The van der Waals surface area contributed by atoms with E-state index < -0.39 is 0 Å². The summed E-state index contributed by atoms with van der Waals surface area (Å²) in [5, 5.41) is 5.83. The zero-order valence-corrected chi connectivity index (χ0v) is 13.0. The number of hydrogen-bond donors (Lipinski definition) is 2. The smallest absolute Gasteiger partial charge is 0.234 e. The lowest BCUT2D eigenvalue weighted by molar-refractivity contribution is -0.120. The number of ether oxygens (including phenoxy) is 1. The van der Waals surface area contributed by atoms with Crippen LogP contribution in [0.4, 0.5) is 4.39 Å². The van der Waals surface area contributed by atoms with Gasteiger partial charge in [0.05, 0.1) is 12.6 Å². The highest BCUT2D eigenvalue weighted by atomic mass is 35.5. The van der Waals surface area contributed by atoms with Crippen LogP contribution in [-0.4, -0.2) is 31.7 Å². The number of amides is 1. The standard InChI is InChI=1S/C15H21FN2O2.ClH/c1-11-4-5-12(7-14(11)16)8-18-15(19)10-17-9-13-3-2-6-20-13;/h4-5,7,13,17H,2-3,6,8-10H2,1H3,(H,18,19);1H. The van der Waals surface area contributed by atoms with Gasteiger partial charge in [0.15, 0.2) is 0 Å². The second-order valence-electron chi connectivity index (χ2n) is 5.13. The van der Waals surface area contributed by atoms with Crippen molar-refractivity contribution in [2.45, 2.75) is 32.4 Å². The predicted molar refractivity (Wildman–Crippen MR) is 82.1 cm³/mol. The van der Waals surface area contributed by atoms with Crippen LogP contribution in [0.25, 0.3) is 0 Å². The van der Waals surface area contributed by atoms with Crippen molar-refractivity contribution in [1.29, 1.82) is 0 Å². The van der Waals surface area contributed by atoms with Crippen molar-refractivity contribution in [2.75, 3.05) is 19.7 Å². The van der Waals surface area contributed by atoms with Gasteiger partial charge in [-0.3, -0.25) is 4.79 Å². The monoisotopic (exact) mass is 316 g/mol. The van der Waals surface area contributed by atoms with Crippen LogP contribution in [0.5, 0.6) is 0 Å². The summed E-state index contributed by atoms with van der Waals surface area (Å²) in [7, 11) is 0. The number of rotatable bonds is 6. The van der Waals surface area contributed by atoms with Crippen molar-refractivity contribution in [3.05, 3.63) is 35.1 Å². The van der Waals surface area contributed by atoms with Crippen LogP contribution in [-0.2, 0) is 16.1 Å². The van der Waals surface area contributed by atoms with Crippen LogP contribution in [0.1, 0.15) is 24.0 Å². The molecule has 21 heavy (non-hydrogen) atoms. The van der Waals surface area contributed by atoms with E-state index in [9.17, 15) is 9.18 Å². The van der Waals surface area contributed by atoms with Gasteiger partial charge in [0.1, 0.15) is 5.82 Å². The Hall–Kier alpha value is -1.17. The fourth-order valence-corrected chi connectivity index (χ4v) is 2.16. The summed E-state index contributed by atoms with van der Waals surface area (Å²) in [4.78, 5) is 11.6. The van der Waals surface area contributed by atoms with Crippen molar-refractivity contribution in [3.63, 3.8) is 0 Å². The number of carbonyl (C=O) groups is 1. The number of carbonyl (C=O) groups excluding carboxylic acids is 1. The molecule has 6 heteroatoms. The molecule has 1 fully saturated rings. The molecule has 0 aromatic heterocycles. The third-order valence-electron chi connectivity index (χ3n) is 3.41. The Morgan fingerprint density at radius 2 is 2.29 bits per heavy atom. The molecule has 0 saturated carbocycles. The fourth-order valence-electron chi connectivity index (χ4n) is 2.16. The molecule has 2 rings (SSSR count). The lowest BCUT2D eigenvalue weighted by Gasteiger charge is -2.11. The molecule has 0 aliphatic carbocycles. The Balaban J connectivity index is 0.00000220. The van der Waals surface area contributed by atoms with Crippen LogP contribution in [0.15, 0.2) is 18.2 Å². The van der Waals surface area contributed by atoms with Crippen molar-refractivity contribution < 1.29 is 13.9 Å². The maximum absolute atomic E-state index is 13.3. The lowest BCUT2D eigenvalue weighted by atomic mass is 10.1. The first-order valence-electron chi connectivity index (χ1n) is 6.99. The minimum absolute atomic E-state index is 0. The van der Waals surface area contributed by atoms with E-state index >= 15 is 0 Å². The van der Waals surface area contributed by atoms with Crippen LogP contribution in [0.2, 0.25) is 0 Å². The van der Waals surface area contributed by atoms with Crippen LogP contribution >= 0.6 is 12.4 Å². The fraction of sp³-hybridized carbons (Fsp3) is 0.533. The molecule has 4 nitrogen and oxygen atoms in total. The first-order chi connectivity index (χ1) is 9.65. The van der Waals surface area contributed by atoms with Gasteiger partial charge in [0, 0.05) is 19.7 Å². The highest BCUT2D eigenvalue weighted by Crippen LogP contribution is 2.10. The topological polar surface area (TPSA) is 50.4 Å². The van der Waals surface area contributed by atoms with Gasteiger partial charge in [0.2, 0.25) is 5.91 Å². The van der Waals surface area contributed by atoms with Crippen LogP contribution < -0.4 is 10.6 Å². The molecule has 1 amide bonds. The SMILES string of the molecule is Cc1ccc(CNC(=O)CNCC2CCCO2)cc1F.Cl. The van der Waals surface area contributed by atoms with Gasteiger partial charge >= 0.3 is 0 Å². The second kappa shape index (κ2) is 8.97. The van der Waals surface area contributed by atoms with E-state index in [1.807, 2.05) is 6.07 Å². The van der Waals surface area contributed by atoms with Crippen molar-refractivity contribution in [2.24, 2.45) is 0 Å². The van der Waals surface area contributed by atoms with Gasteiger partial charge in [-0.1, -0.05) is 12.1 Å². The number of hydrogen-bond acceptors (Lipinski definition) is 3. The molecule has 1 heterocycles. The number of benzene rings is 1. The van der Waals surface area contributed by atoms with Crippen molar-refractivity contribution in [1.82, 2.24) is 10.6 Å². The molecule has 1 aliphatic heterocycles. The lowest BCUT2D eigenvalue weighted by Crippen LogP contribution is -2.36. The molecule has 0 bridgehead atoms. The Kier molecular flexibility index (Phi) is 7.64. The maximum Gasteiger partial charge on any atom is 0.234 e. The largest absolute Gasteiger partial charge is 0.377 e. The van der Waals surface area contributed by atoms with E-state index in [0.29, 0.717) is 18.7 Å². The van der Waals surface area contributed by atoms with E-state index in [1.165, 1.54) is 6.07 Å². The minimum Gasteiger partial charge on any atom is -0.377 e. The first kappa shape index (κ1) is 17.9. The number of nitrogens with one attached hydrogen (secondary N) is 2. The Labute approximate surface area is 130 Å². The number of aryl methyl sites for hydroxylation is 1. The summed E-state index contributed by atoms with van der Waals surface area (Å²) in [6.45, 7) is 3.84. The van der Waals surface area contributed by atoms with E-state index in [0.717, 1.165) is 25.0 Å². The van der Waals surface area contributed by atoms with Crippen LogP contribution in [0, 0.1) is 12.7 Å². The molecular formula is C15H22ClFN2O2. The van der Waals surface area contributed by atoms with Gasteiger partial charge in [0.25, 0.3) is 0 Å².